The number of hydrogen-bond donors (Lipinski definition) is 0. The van der Waals surface area contributed by atoms with Crippen molar-refractivity contribution in [2.75, 3.05) is 6.61 Å². The Morgan fingerprint density at radius 1 is 1.00 bits per heavy atom. The van der Waals surface area contributed by atoms with Gasteiger partial charge in [-0.3, -0.25) is 4.79 Å². The predicted molar refractivity (Wildman–Crippen MR) is 154 cm³/mol. The van der Waals surface area contributed by atoms with Crippen LogP contribution in [0.2, 0.25) is 0 Å². The summed E-state index contributed by atoms with van der Waals surface area (Å²) in [5.41, 5.74) is 2.21. The van der Waals surface area contributed by atoms with Crippen molar-refractivity contribution in [3.63, 3.8) is 0 Å². The van der Waals surface area contributed by atoms with Gasteiger partial charge in [0.15, 0.2) is 11.5 Å². The highest BCUT2D eigenvalue weighted by molar-refractivity contribution is 9.13. The van der Waals surface area contributed by atoms with Crippen LogP contribution in [-0.4, -0.2) is 22.5 Å². The van der Waals surface area contributed by atoms with Gasteiger partial charge in [0.2, 0.25) is 0 Å². The molecule has 0 bridgehead atoms. The van der Waals surface area contributed by atoms with Crippen molar-refractivity contribution in [1.82, 2.24) is 9.66 Å². The van der Waals surface area contributed by atoms with Crippen molar-refractivity contribution in [2.24, 2.45) is 5.10 Å². The Morgan fingerprint density at radius 2 is 1.78 bits per heavy atom. The average molecular weight is 678 g/mol. The maximum Gasteiger partial charge on any atom is 0.282 e. The maximum atomic E-state index is 13.3. The van der Waals surface area contributed by atoms with E-state index in [1.165, 1.54) is 4.68 Å². The Morgan fingerprint density at radius 3 is 2.50 bits per heavy atom. The van der Waals surface area contributed by atoms with Gasteiger partial charge in [0.1, 0.15) is 12.4 Å². The van der Waals surface area contributed by atoms with Crippen molar-refractivity contribution in [1.29, 1.82) is 0 Å². The van der Waals surface area contributed by atoms with E-state index in [4.69, 9.17) is 14.5 Å². The minimum absolute atomic E-state index is 0.218. The van der Waals surface area contributed by atoms with E-state index in [1.807, 2.05) is 62.4 Å². The molecular weight excluding hydrogens is 654 g/mol. The van der Waals surface area contributed by atoms with Gasteiger partial charge in [-0.25, -0.2) is 4.98 Å². The van der Waals surface area contributed by atoms with E-state index >= 15 is 0 Å². The summed E-state index contributed by atoms with van der Waals surface area (Å²) in [5.74, 6) is 1.77. The number of nitrogens with zero attached hydrogens (tertiary/aromatic N) is 3. The van der Waals surface area contributed by atoms with Crippen LogP contribution in [0.1, 0.15) is 37.2 Å². The van der Waals surface area contributed by atoms with E-state index in [-0.39, 0.29) is 5.56 Å². The zero-order valence-electron chi connectivity index (χ0n) is 19.8. The Balaban J connectivity index is 1.75. The molecule has 186 valence electrons. The van der Waals surface area contributed by atoms with Gasteiger partial charge < -0.3 is 9.47 Å². The molecule has 3 aromatic carbocycles. The van der Waals surface area contributed by atoms with Crippen molar-refractivity contribution >= 4 is 64.9 Å². The molecule has 4 aromatic rings. The van der Waals surface area contributed by atoms with Gasteiger partial charge in [0.25, 0.3) is 5.56 Å². The minimum Gasteiger partial charge on any atom is -0.490 e. The molecule has 0 unspecified atom stereocenters. The Hall–Kier alpha value is -2.49. The molecule has 0 aliphatic rings. The summed E-state index contributed by atoms with van der Waals surface area (Å²) >= 11 is 10.7. The first-order valence-corrected chi connectivity index (χ1v) is 13.9. The second kappa shape index (κ2) is 12.2. The summed E-state index contributed by atoms with van der Waals surface area (Å²) < 4.78 is 15.6. The van der Waals surface area contributed by atoms with Crippen molar-refractivity contribution < 1.29 is 9.47 Å². The molecule has 0 fully saturated rings. The smallest absolute Gasteiger partial charge is 0.282 e. The summed E-state index contributed by atoms with van der Waals surface area (Å²) in [6.07, 6.45) is 3.09. The summed E-state index contributed by atoms with van der Waals surface area (Å²) in [5, 5.41) is 5.06. The first-order valence-electron chi connectivity index (χ1n) is 11.5. The van der Waals surface area contributed by atoms with Gasteiger partial charge in [-0.15, -0.1) is 0 Å². The highest BCUT2D eigenvalue weighted by atomic mass is 79.9. The number of fused-ring (bicyclic) bond motifs is 1. The number of benzene rings is 3. The number of halogens is 3. The van der Waals surface area contributed by atoms with Crippen LogP contribution in [0.4, 0.5) is 0 Å². The van der Waals surface area contributed by atoms with Crippen LogP contribution in [0.3, 0.4) is 0 Å². The Labute approximate surface area is 234 Å². The second-order valence-electron chi connectivity index (χ2n) is 7.93. The van der Waals surface area contributed by atoms with E-state index in [9.17, 15) is 4.79 Å². The lowest BCUT2D eigenvalue weighted by Gasteiger charge is -2.16. The zero-order valence-corrected chi connectivity index (χ0v) is 24.6. The van der Waals surface area contributed by atoms with E-state index in [2.05, 4.69) is 52.9 Å². The molecule has 1 aromatic heterocycles. The fourth-order valence-corrected chi connectivity index (χ4v) is 4.94. The van der Waals surface area contributed by atoms with Crippen molar-refractivity contribution in [3.8, 4) is 11.5 Å². The molecule has 0 N–H and O–H groups in total. The summed E-state index contributed by atoms with van der Waals surface area (Å²) in [6.45, 7) is 4.83. The third kappa shape index (κ3) is 5.90. The highest BCUT2D eigenvalue weighted by Gasteiger charge is 2.18. The zero-order chi connectivity index (χ0) is 25.7. The van der Waals surface area contributed by atoms with Crippen LogP contribution in [-0.2, 0) is 13.0 Å². The van der Waals surface area contributed by atoms with Gasteiger partial charge in [0, 0.05) is 20.9 Å². The lowest BCUT2D eigenvalue weighted by Crippen LogP contribution is -2.22. The van der Waals surface area contributed by atoms with Gasteiger partial charge in [-0.1, -0.05) is 53.2 Å². The predicted octanol–water partition coefficient (Wildman–Crippen LogP) is 7.50. The van der Waals surface area contributed by atoms with Crippen LogP contribution >= 0.6 is 47.8 Å². The molecule has 6 nitrogen and oxygen atoms in total. The lowest BCUT2D eigenvalue weighted by atomic mass is 10.2. The van der Waals surface area contributed by atoms with Crippen molar-refractivity contribution in [3.05, 3.63) is 95.3 Å². The third-order valence-corrected chi connectivity index (χ3v) is 7.98. The monoisotopic (exact) mass is 675 g/mol. The molecule has 0 atom stereocenters. The number of hydrogen-bond acceptors (Lipinski definition) is 5. The van der Waals surface area contributed by atoms with Crippen LogP contribution in [0.5, 0.6) is 11.5 Å². The minimum atomic E-state index is -0.218. The third-order valence-electron chi connectivity index (χ3n) is 5.34. The number of aromatic nitrogens is 2. The standard InChI is InChI=1S/C27H24Br3N3O3/c1-3-8-23-32-21-12-11-19(28)14-20(21)27(34)33(23)31-15-18-13-22(35-4-2)26(25(30)24(18)29)36-16-17-9-6-5-7-10-17/h5-7,9-15H,3-4,8,16H2,1-2H3. The van der Waals surface area contributed by atoms with E-state index < -0.39 is 0 Å². The molecule has 0 radical (unpaired) electrons. The number of aryl methyl sites for hydroxylation is 1. The Kier molecular flexibility index (Phi) is 8.98. The van der Waals surface area contributed by atoms with E-state index in [0.29, 0.717) is 52.3 Å². The van der Waals surface area contributed by atoms with Gasteiger partial charge in [-0.05, 0) is 75.0 Å². The summed E-state index contributed by atoms with van der Waals surface area (Å²) in [6, 6.07) is 17.3. The normalized spacial score (nSPS) is 11.4. The van der Waals surface area contributed by atoms with Crippen molar-refractivity contribution in [2.45, 2.75) is 33.3 Å². The van der Waals surface area contributed by atoms with Gasteiger partial charge in [-0.2, -0.15) is 9.78 Å². The molecule has 36 heavy (non-hydrogen) atoms. The lowest BCUT2D eigenvalue weighted by molar-refractivity contribution is 0.267. The summed E-state index contributed by atoms with van der Waals surface area (Å²) in [7, 11) is 0. The SMILES string of the molecule is CCCc1nc2ccc(Br)cc2c(=O)n1N=Cc1cc(OCC)c(OCc2ccccc2)c(Br)c1Br. The Bertz CT molecular complexity index is 1470. The van der Waals surface area contributed by atoms with E-state index in [1.54, 1.807) is 12.3 Å². The average Bonchev–Trinajstić information content (AvgIpc) is 2.87. The molecule has 9 heteroatoms. The molecule has 0 amide bonds. The fourth-order valence-electron chi connectivity index (χ4n) is 3.64. The molecule has 0 aliphatic carbocycles. The quantitative estimate of drug-likeness (QED) is 0.172. The maximum absolute atomic E-state index is 13.3. The van der Waals surface area contributed by atoms with Crippen LogP contribution in [0, 0.1) is 0 Å². The largest absolute Gasteiger partial charge is 0.490 e. The molecule has 1 heterocycles. The second-order valence-corrected chi connectivity index (χ2v) is 10.4. The number of ether oxygens (including phenoxy) is 2. The topological polar surface area (TPSA) is 65.7 Å². The van der Waals surface area contributed by atoms with Gasteiger partial charge in [0.05, 0.1) is 28.2 Å². The number of rotatable bonds is 9. The van der Waals surface area contributed by atoms with Crippen LogP contribution < -0.4 is 15.0 Å². The molecule has 0 spiro atoms. The molecule has 0 saturated heterocycles. The van der Waals surface area contributed by atoms with Gasteiger partial charge >= 0.3 is 0 Å². The van der Waals surface area contributed by atoms with Crippen LogP contribution in [0.25, 0.3) is 10.9 Å². The molecule has 0 aliphatic heterocycles. The first-order chi connectivity index (χ1) is 17.4. The molecular formula is C27H24Br3N3O3. The summed E-state index contributed by atoms with van der Waals surface area (Å²) in [4.78, 5) is 18.0. The first kappa shape index (κ1) is 26.6. The highest BCUT2D eigenvalue weighted by Crippen LogP contribution is 2.43. The molecule has 4 rings (SSSR count). The fraction of sp³-hybridized carbons (Fsp3) is 0.222. The van der Waals surface area contributed by atoms with E-state index in [0.717, 1.165) is 26.5 Å². The molecule has 0 saturated carbocycles. The van der Waals surface area contributed by atoms with Crippen LogP contribution in [0.15, 0.2) is 77.9 Å².